The molecular weight excluding hydrogens is 414 g/mol. The van der Waals surface area contributed by atoms with E-state index in [2.05, 4.69) is 50.2 Å². The van der Waals surface area contributed by atoms with E-state index in [-0.39, 0.29) is 0 Å². The van der Waals surface area contributed by atoms with Crippen LogP contribution in [0.2, 0.25) is 0 Å². The fourth-order valence-electron chi connectivity index (χ4n) is 6.47. The molecule has 0 radical (unpaired) electrons. The topological polar surface area (TPSA) is 33.0 Å². The van der Waals surface area contributed by atoms with Crippen LogP contribution in [-0.2, 0) is 5.41 Å². The number of benzene rings is 2. The molecule has 3 fully saturated rings. The molecule has 3 saturated carbocycles. The first kappa shape index (κ1) is 24.8. The van der Waals surface area contributed by atoms with Gasteiger partial charge in [-0.15, -0.1) is 0 Å². The lowest BCUT2D eigenvalue weighted by molar-refractivity contribution is 0.0305. The Bertz CT molecular complexity index is 943. The third-order valence-electron chi connectivity index (χ3n) is 8.90. The normalized spacial score (nSPS) is 23.6. The number of rotatable bonds is 12. The van der Waals surface area contributed by atoms with Crippen molar-refractivity contribution in [2.75, 3.05) is 6.61 Å². The fourth-order valence-corrected chi connectivity index (χ4v) is 6.47. The Hall–Kier alpha value is -2.27. The molecule has 0 atom stereocenters. The van der Waals surface area contributed by atoms with E-state index < -0.39 is 0 Å². The molecule has 182 valence electrons. The molecule has 2 aromatic carbocycles. The van der Waals surface area contributed by atoms with E-state index in [0.29, 0.717) is 28.7 Å². The average molecular weight is 458 g/mol. The minimum atomic E-state index is 0.401. The van der Waals surface area contributed by atoms with Crippen LogP contribution < -0.4 is 4.74 Å². The first-order valence-corrected chi connectivity index (χ1v) is 13.9. The van der Waals surface area contributed by atoms with Gasteiger partial charge in [0.05, 0.1) is 12.2 Å². The summed E-state index contributed by atoms with van der Waals surface area (Å²) in [4.78, 5) is 0. The Kier molecular flexibility index (Phi) is 8.36. The van der Waals surface area contributed by atoms with Crippen LogP contribution in [0.25, 0.3) is 11.1 Å². The molecule has 2 nitrogen and oxygen atoms in total. The molecule has 0 unspecified atom stereocenters. The molecule has 0 amide bonds. The predicted octanol–water partition coefficient (Wildman–Crippen LogP) is 9.36. The summed E-state index contributed by atoms with van der Waals surface area (Å²) in [5, 5.41) is 9.67. The maximum atomic E-state index is 9.67. The van der Waals surface area contributed by atoms with Crippen LogP contribution in [-0.4, -0.2) is 6.61 Å². The van der Waals surface area contributed by atoms with Crippen LogP contribution in [0.3, 0.4) is 0 Å². The van der Waals surface area contributed by atoms with Gasteiger partial charge in [-0.1, -0.05) is 82.7 Å². The molecule has 2 aromatic rings. The van der Waals surface area contributed by atoms with Gasteiger partial charge in [-0.25, -0.2) is 0 Å². The second kappa shape index (κ2) is 11.4. The summed E-state index contributed by atoms with van der Waals surface area (Å²) in [5.41, 5.74) is 5.51. The van der Waals surface area contributed by atoms with Crippen molar-refractivity contribution < 1.29 is 4.74 Å². The lowest BCUT2D eigenvalue weighted by Gasteiger charge is -2.54. The third-order valence-corrected chi connectivity index (χ3v) is 8.90. The smallest absolute Gasteiger partial charge is 0.137 e. The Morgan fingerprint density at radius 2 is 1.41 bits per heavy atom. The van der Waals surface area contributed by atoms with Gasteiger partial charge in [-0.2, -0.15) is 5.26 Å². The van der Waals surface area contributed by atoms with Gasteiger partial charge >= 0.3 is 0 Å². The lowest BCUT2D eigenvalue weighted by atomic mass is 9.51. The van der Waals surface area contributed by atoms with Gasteiger partial charge in [-0.05, 0) is 91.0 Å². The second-order valence-electron chi connectivity index (χ2n) is 11.0. The van der Waals surface area contributed by atoms with Crippen molar-refractivity contribution in [2.24, 2.45) is 5.41 Å². The minimum absolute atomic E-state index is 0.401. The van der Waals surface area contributed by atoms with Crippen molar-refractivity contribution in [3.8, 4) is 22.9 Å². The van der Waals surface area contributed by atoms with Gasteiger partial charge in [0.25, 0.3) is 0 Å². The van der Waals surface area contributed by atoms with E-state index in [0.717, 1.165) is 12.0 Å². The summed E-state index contributed by atoms with van der Waals surface area (Å²) < 4.78 is 5.91. The Morgan fingerprint density at radius 3 is 2.06 bits per heavy atom. The number of ether oxygens (including phenoxy) is 1. The number of nitriles is 1. The largest absolute Gasteiger partial charge is 0.492 e. The zero-order valence-electron chi connectivity index (χ0n) is 21.5. The Labute approximate surface area is 207 Å². The molecular formula is C32H43NO. The van der Waals surface area contributed by atoms with Gasteiger partial charge in [0.2, 0.25) is 0 Å². The summed E-state index contributed by atoms with van der Waals surface area (Å²) in [6.45, 7) is 5.21. The van der Waals surface area contributed by atoms with E-state index in [1.165, 1.54) is 94.6 Å². The average Bonchev–Trinajstić information content (AvgIpc) is 2.90. The number of unbranched alkanes of at least 4 members (excludes halogenated alkanes) is 5. The summed E-state index contributed by atoms with van der Waals surface area (Å²) in [6.07, 6.45) is 18.6. The van der Waals surface area contributed by atoms with Crippen LogP contribution in [0.15, 0.2) is 42.5 Å². The van der Waals surface area contributed by atoms with Crippen molar-refractivity contribution in [3.05, 3.63) is 53.6 Å². The van der Waals surface area contributed by atoms with Crippen molar-refractivity contribution in [1.82, 2.24) is 0 Å². The molecule has 3 aliphatic carbocycles. The van der Waals surface area contributed by atoms with Crippen LogP contribution in [0.4, 0.5) is 0 Å². The van der Waals surface area contributed by atoms with Gasteiger partial charge in [-0.3, -0.25) is 0 Å². The van der Waals surface area contributed by atoms with Gasteiger partial charge in [0, 0.05) is 0 Å². The van der Waals surface area contributed by atoms with E-state index in [4.69, 9.17) is 4.74 Å². The highest BCUT2D eigenvalue weighted by molar-refractivity contribution is 5.67. The maximum Gasteiger partial charge on any atom is 0.137 e. The van der Waals surface area contributed by atoms with Gasteiger partial charge < -0.3 is 4.74 Å². The van der Waals surface area contributed by atoms with E-state index >= 15 is 0 Å². The molecule has 0 saturated heterocycles. The SMILES string of the molecule is CCCCCCOc1ccc(-c2ccc(C34CCC(CCCCC)(CC3)CC4)cc2)cc1C#N. The monoisotopic (exact) mass is 457 g/mol. The van der Waals surface area contributed by atoms with Crippen molar-refractivity contribution in [3.63, 3.8) is 0 Å². The first-order valence-electron chi connectivity index (χ1n) is 13.9. The molecule has 0 spiro atoms. The van der Waals surface area contributed by atoms with E-state index in [9.17, 15) is 5.26 Å². The van der Waals surface area contributed by atoms with E-state index in [1.54, 1.807) is 0 Å². The molecule has 0 heterocycles. The fraction of sp³-hybridized carbons (Fsp3) is 0.594. The summed E-state index contributed by atoms with van der Waals surface area (Å²) in [6, 6.07) is 17.7. The predicted molar refractivity (Wildman–Crippen MR) is 142 cm³/mol. The van der Waals surface area contributed by atoms with Gasteiger partial charge in [0.1, 0.15) is 11.8 Å². The van der Waals surface area contributed by atoms with Crippen LogP contribution in [0, 0.1) is 16.7 Å². The Morgan fingerprint density at radius 1 is 0.765 bits per heavy atom. The highest BCUT2D eigenvalue weighted by Gasteiger charge is 2.48. The van der Waals surface area contributed by atoms with Crippen molar-refractivity contribution in [1.29, 1.82) is 5.26 Å². The molecule has 3 aliphatic rings. The zero-order valence-corrected chi connectivity index (χ0v) is 21.5. The number of fused-ring (bicyclic) bond motifs is 3. The molecule has 2 bridgehead atoms. The number of nitrogens with zero attached hydrogens (tertiary/aromatic N) is 1. The lowest BCUT2D eigenvalue weighted by Crippen LogP contribution is -2.44. The minimum Gasteiger partial charge on any atom is -0.492 e. The van der Waals surface area contributed by atoms with Crippen LogP contribution in [0.1, 0.15) is 115 Å². The third kappa shape index (κ3) is 5.51. The second-order valence-corrected chi connectivity index (χ2v) is 11.0. The number of hydrogen-bond donors (Lipinski definition) is 0. The van der Waals surface area contributed by atoms with Crippen molar-refractivity contribution >= 4 is 0 Å². The van der Waals surface area contributed by atoms with E-state index in [1.807, 2.05) is 12.1 Å². The summed E-state index contributed by atoms with van der Waals surface area (Å²) in [5.74, 6) is 0.713. The molecule has 34 heavy (non-hydrogen) atoms. The Balaban J connectivity index is 1.40. The molecule has 0 aliphatic heterocycles. The molecule has 5 rings (SSSR count). The number of hydrogen-bond acceptors (Lipinski definition) is 2. The van der Waals surface area contributed by atoms with Crippen LogP contribution in [0.5, 0.6) is 5.75 Å². The standard InChI is InChI=1S/C32H43NO/c1-3-5-7-9-23-34-30-15-12-27(24-28(30)25-33)26-10-13-29(14-11-26)32-20-17-31(18-21-32,19-22-32)16-8-6-4-2/h10-15,24H,3-9,16-23H2,1-2H3. The molecule has 2 heteroatoms. The summed E-state index contributed by atoms with van der Waals surface area (Å²) in [7, 11) is 0. The van der Waals surface area contributed by atoms with Crippen molar-refractivity contribution in [2.45, 2.75) is 109 Å². The maximum absolute atomic E-state index is 9.67. The van der Waals surface area contributed by atoms with Gasteiger partial charge in [0.15, 0.2) is 0 Å². The highest BCUT2D eigenvalue weighted by atomic mass is 16.5. The quantitative estimate of drug-likeness (QED) is 0.297. The first-order chi connectivity index (χ1) is 16.6. The molecule has 0 aromatic heterocycles. The zero-order chi connectivity index (χ0) is 23.9. The van der Waals surface area contributed by atoms with Crippen LogP contribution >= 0.6 is 0 Å². The summed E-state index contributed by atoms with van der Waals surface area (Å²) >= 11 is 0. The highest BCUT2D eigenvalue weighted by Crippen LogP contribution is 2.59. The molecule has 0 N–H and O–H groups in total.